The fourth-order valence-electron chi connectivity index (χ4n) is 4.02. The van der Waals surface area contributed by atoms with Crippen LogP contribution in [-0.2, 0) is 11.0 Å². The van der Waals surface area contributed by atoms with Gasteiger partial charge in [-0.1, -0.05) is 40.0 Å². The number of hydrogen-bond donors (Lipinski definition) is 0. The Morgan fingerprint density at radius 3 is 2.57 bits per heavy atom. The molecule has 194 valence electrons. The smallest absolute Gasteiger partial charge is 0.417 e. The molecule has 0 saturated heterocycles. The number of alkyl halides is 4. The average molecular weight is 578 g/mol. The van der Waals surface area contributed by atoms with Gasteiger partial charge in [-0.25, -0.2) is 9.37 Å². The van der Waals surface area contributed by atoms with E-state index in [0.717, 1.165) is 16.7 Å². The third kappa shape index (κ3) is 4.99. The number of nitrogens with zero attached hydrogens (tertiary/aromatic N) is 4. The van der Waals surface area contributed by atoms with Crippen molar-refractivity contribution in [1.82, 2.24) is 19.5 Å². The van der Waals surface area contributed by atoms with Crippen LogP contribution in [0.5, 0.6) is 5.75 Å². The van der Waals surface area contributed by atoms with Gasteiger partial charge >= 0.3 is 6.18 Å². The second-order valence-corrected chi connectivity index (χ2v) is 9.94. The molecule has 1 saturated carbocycles. The Kier molecular flexibility index (Phi) is 6.36. The lowest BCUT2D eigenvalue weighted by molar-refractivity contribution is -0.138. The molecule has 3 aromatic heterocycles. The Bertz CT molecular complexity index is 1530. The summed E-state index contributed by atoms with van der Waals surface area (Å²) in [6.07, 6.45) is -2.75. The first kappa shape index (κ1) is 25.7. The van der Waals surface area contributed by atoms with Gasteiger partial charge < -0.3 is 13.7 Å². The third-order valence-electron chi connectivity index (χ3n) is 5.92. The van der Waals surface area contributed by atoms with Crippen molar-refractivity contribution >= 4 is 46.2 Å². The highest BCUT2D eigenvalue weighted by Crippen LogP contribution is 2.39. The summed E-state index contributed by atoms with van der Waals surface area (Å²) >= 11 is 18.7. The highest BCUT2D eigenvalue weighted by Gasteiger charge is 2.40. The number of pyridine rings is 1. The predicted molar refractivity (Wildman–Crippen MR) is 127 cm³/mol. The molecule has 1 aromatic carbocycles. The first-order valence-electron chi connectivity index (χ1n) is 10.8. The summed E-state index contributed by atoms with van der Waals surface area (Å²) in [4.78, 5) is 20.1. The molecule has 0 spiro atoms. The van der Waals surface area contributed by atoms with Gasteiger partial charge in [0.2, 0.25) is 5.82 Å². The Hall–Kier alpha value is -2.89. The zero-order chi connectivity index (χ0) is 26.7. The first-order valence-corrected chi connectivity index (χ1v) is 11.9. The number of carbonyl (C=O) groups is 1. The number of hydrogen-bond acceptors (Lipinski definition) is 6. The van der Waals surface area contributed by atoms with Crippen LogP contribution >= 0.6 is 34.8 Å². The van der Waals surface area contributed by atoms with Crippen LogP contribution in [0.1, 0.15) is 31.7 Å². The molecule has 2 atom stereocenters. The largest absolute Gasteiger partial charge is 0.489 e. The third-order valence-corrected chi connectivity index (χ3v) is 6.81. The SMILES string of the molecule is CC1(F)C[C@H](Oc2cc(Cl)c(-c3noc(-c4cn5cc(C(F)(F)F)cc(Cl)c5n4)n3)cc2Cl)CCC1=O. The molecule has 37 heavy (non-hydrogen) atoms. The van der Waals surface area contributed by atoms with Crippen LogP contribution in [0, 0.1) is 0 Å². The molecule has 4 aromatic rings. The number of halogens is 7. The Balaban J connectivity index is 1.41. The average Bonchev–Trinajstić information content (AvgIpc) is 3.45. The molecule has 0 amide bonds. The van der Waals surface area contributed by atoms with Gasteiger partial charge in [-0.05, 0) is 25.5 Å². The number of fused-ring (bicyclic) bond motifs is 1. The van der Waals surface area contributed by atoms with Crippen molar-refractivity contribution in [3.05, 3.63) is 51.2 Å². The van der Waals surface area contributed by atoms with Crippen LogP contribution < -0.4 is 4.74 Å². The molecular weight excluding hydrogens is 563 g/mol. The van der Waals surface area contributed by atoms with E-state index in [1.807, 2.05) is 0 Å². The van der Waals surface area contributed by atoms with Gasteiger partial charge in [-0.15, -0.1) is 0 Å². The topological polar surface area (TPSA) is 82.5 Å². The quantitative estimate of drug-likeness (QED) is 0.238. The number of Topliss-reactive ketones (excluding diaryl/α,β-unsaturated/α-hetero) is 1. The molecule has 1 aliphatic rings. The minimum absolute atomic E-state index is 0.0344. The highest BCUT2D eigenvalue weighted by atomic mass is 35.5. The second-order valence-electron chi connectivity index (χ2n) is 8.72. The van der Waals surface area contributed by atoms with Crippen LogP contribution in [0.4, 0.5) is 17.6 Å². The Labute approximate surface area is 221 Å². The molecule has 1 unspecified atom stereocenters. The van der Waals surface area contributed by atoms with E-state index in [9.17, 15) is 22.4 Å². The predicted octanol–water partition coefficient (Wildman–Crippen LogP) is 7.26. The number of ether oxygens (including phenoxy) is 1. The molecule has 0 N–H and O–H groups in total. The van der Waals surface area contributed by atoms with Crippen LogP contribution in [-0.4, -0.2) is 37.1 Å². The molecule has 5 rings (SSSR count). The summed E-state index contributed by atoms with van der Waals surface area (Å²) in [5.74, 6) is -0.324. The zero-order valence-corrected chi connectivity index (χ0v) is 21.0. The van der Waals surface area contributed by atoms with Crippen LogP contribution in [0.3, 0.4) is 0 Å². The van der Waals surface area contributed by atoms with E-state index in [0.29, 0.717) is 6.42 Å². The minimum atomic E-state index is -4.59. The van der Waals surface area contributed by atoms with E-state index in [1.165, 1.54) is 25.3 Å². The van der Waals surface area contributed by atoms with E-state index in [4.69, 9.17) is 44.1 Å². The van der Waals surface area contributed by atoms with Crippen molar-refractivity contribution in [3.63, 3.8) is 0 Å². The van der Waals surface area contributed by atoms with E-state index < -0.39 is 29.3 Å². The molecule has 0 aliphatic heterocycles. The van der Waals surface area contributed by atoms with E-state index in [-0.39, 0.29) is 62.3 Å². The van der Waals surface area contributed by atoms with Crippen molar-refractivity contribution in [2.75, 3.05) is 0 Å². The lowest BCUT2D eigenvalue weighted by Crippen LogP contribution is -2.41. The number of benzene rings is 1. The van der Waals surface area contributed by atoms with Crippen LogP contribution in [0.15, 0.2) is 35.1 Å². The number of aromatic nitrogens is 4. The molecule has 14 heteroatoms. The van der Waals surface area contributed by atoms with Gasteiger partial charge in [0.25, 0.3) is 5.89 Å². The molecule has 0 bridgehead atoms. The summed E-state index contributed by atoms with van der Waals surface area (Å²) in [7, 11) is 0. The number of carbonyl (C=O) groups excluding carboxylic acids is 1. The molecule has 0 radical (unpaired) electrons. The molecular formula is C23H15Cl3F4N4O3. The van der Waals surface area contributed by atoms with Gasteiger partial charge in [0.05, 0.1) is 20.6 Å². The lowest BCUT2D eigenvalue weighted by Gasteiger charge is -2.31. The fourth-order valence-corrected chi connectivity index (χ4v) is 4.72. The summed E-state index contributed by atoms with van der Waals surface area (Å²) in [5.41, 5.74) is -2.48. The maximum absolute atomic E-state index is 14.4. The van der Waals surface area contributed by atoms with Crippen molar-refractivity contribution in [2.24, 2.45) is 0 Å². The molecule has 7 nitrogen and oxygen atoms in total. The number of ketones is 1. The molecule has 1 fully saturated rings. The maximum atomic E-state index is 14.4. The van der Waals surface area contributed by atoms with Crippen molar-refractivity contribution in [2.45, 2.75) is 44.1 Å². The summed E-state index contributed by atoms with van der Waals surface area (Å²) in [6, 6.07) is 3.63. The highest BCUT2D eigenvalue weighted by molar-refractivity contribution is 6.36. The summed E-state index contributed by atoms with van der Waals surface area (Å²) in [6.45, 7) is 1.22. The first-order chi connectivity index (χ1) is 17.3. The van der Waals surface area contributed by atoms with Gasteiger partial charge in [-0.2, -0.15) is 18.2 Å². The standard InChI is InChI=1S/C23H15Cl3F4N4O3/c1-22(27)7-11(2-3-18(22)35)36-17-6-13(24)12(5-14(17)25)19-32-21(37-33-19)16-9-34-8-10(23(28,29)30)4-15(26)20(34)31-16/h4-6,8-9,11H,2-3,7H2,1H3/t11-,22?/m1/s1. The zero-order valence-electron chi connectivity index (χ0n) is 18.7. The molecule has 1 aliphatic carbocycles. The summed E-state index contributed by atoms with van der Waals surface area (Å²) < 4.78 is 65.9. The molecule has 3 heterocycles. The summed E-state index contributed by atoms with van der Waals surface area (Å²) in [5, 5.41) is 3.95. The number of rotatable bonds is 4. The van der Waals surface area contributed by atoms with Gasteiger partial charge in [0, 0.05) is 36.9 Å². The number of imidazole rings is 1. The van der Waals surface area contributed by atoms with E-state index >= 15 is 0 Å². The monoisotopic (exact) mass is 576 g/mol. The van der Waals surface area contributed by atoms with Crippen LogP contribution in [0.2, 0.25) is 15.1 Å². The normalized spacial score (nSPS) is 20.5. The maximum Gasteiger partial charge on any atom is 0.417 e. The van der Waals surface area contributed by atoms with Crippen molar-refractivity contribution < 1.29 is 31.6 Å². The van der Waals surface area contributed by atoms with Crippen molar-refractivity contribution in [1.29, 1.82) is 0 Å². The fraction of sp³-hybridized carbons (Fsp3) is 0.304. The Morgan fingerprint density at radius 1 is 1.11 bits per heavy atom. The van der Waals surface area contributed by atoms with E-state index in [1.54, 1.807) is 0 Å². The lowest BCUT2D eigenvalue weighted by atomic mass is 9.85. The minimum Gasteiger partial charge on any atom is -0.489 e. The Morgan fingerprint density at radius 2 is 1.86 bits per heavy atom. The van der Waals surface area contributed by atoms with Gasteiger partial charge in [-0.3, -0.25) is 4.79 Å². The second kappa shape index (κ2) is 9.14. The van der Waals surface area contributed by atoms with E-state index in [2.05, 4.69) is 15.1 Å². The van der Waals surface area contributed by atoms with Gasteiger partial charge in [0.15, 0.2) is 17.1 Å². The van der Waals surface area contributed by atoms with Crippen LogP contribution in [0.25, 0.3) is 28.6 Å². The van der Waals surface area contributed by atoms with Gasteiger partial charge in [0.1, 0.15) is 17.5 Å². The van der Waals surface area contributed by atoms with Crippen molar-refractivity contribution in [3.8, 4) is 28.7 Å².